The zero-order chi connectivity index (χ0) is 18.4. The first kappa shape index (κ1) is 18.4. The molecule has 132 valence electrons. The van der Waals surface area contributed by atoms with Crippen molar-refractivity contribution in [2.75, 3.05) is 12.4 Å². The highest BCUT2D eigenvalue weighted by atomic mass is 19.1. The molecule has 0 aliphatic heterocycles. The van der Waals surface area contributed by atoms with Crippen LogP contribution in [0.15, 0.2) is 42.5 Å². The predicted molar refractivity (Wildman–Crippen MR) is 87.2 cm³/mol. The minimum atomic E-state index is -1.08. The number of rotatable bonds is 6. The molecular weight excluding hydrogens is 332 g/mol. The van der Waals surface area contributed by atoms with Crippen molar-refractivity contribution in [1.29, 1.82) is 0 Å². The molecular formula is C18H17F2NO4. The number of hydrogen-bond acceptors (Lipinski definition) is 4. The highest BCUT2D eigenvalue weighted by Crippen LogP contribution is 2.18. The summed E-state index contributed by atoms with van der Waals surface area (Å²) >= 11 is 0. The summed E-state index contributed by atoms with van der Waals surface area (Å²) in [5.74, 6) is -2.31. The Balaban J connectivity index is 1.90. The number of halogens is 2. The van der Waals surface area contributed by atoms with Gasteiger partial charge in [-0.15, -0.1) is 0 Å². The van der Waals surface area contributed by atoms with Crippen LogP contribution in [0.3, 0.4) is 0 Å². The first-order valence-corrected chi connectivity index (χ1v) is 7.47. The van der Waals surface area contributed by atoms with Crippen LogP contribution in [0.1, 0.15) is 12.5 Å². The fraction of sp³-hybridized carbons (Fsp3) is 0.222. The molecule has 0 fully saturated rings. The summed E-state index contributed by atoms with van der Waals surface area (Å²) in [5, 5.41) is 2.44. The predicted octanol–water partition coefficient (Wildman–Crippen LogP) is 3.09. The maximum Gasteiger partial charge on any atom is 0.311 e. The average molecular weight is 349 g/mol. The first-order chi connectivity index (χ1) is 11.9. The topological polar surface area (TPSA) is 64.6 Å². The van der Waals surface area contributed by atoms with Gasteiger partial charge in [-0.2, -0.15) is 0 Å². The monoisotopic (exact) mass is 349 g/mol. The molecule has 0 radical (unpaired) electrons. The highest BCUT2D eigenvalue weighted by molar-refractivity contribution is 5.95. The summed E-state index contributed by atoms with van der Waals surface area (Å²) in [7, 11) is 1.34. The number of hydrogen-bond donors (Lipinski definition) is 1. The fourth-order valence-corrected chi connectivity index (χ4v) is 2.09. The van der Waals surface area contributed by atoms with E-state index in [9.17, 15) is 18.4 Å². The fourth-order valence-electron chi connectivity index (χ4n) is 2.09. The second kappa shape index (κ2) is 8.23. The smallest absolute Gasteiger partial charge is 0.311 e. The molecule has 0 spiro atoms. The van der Waals surface area contributed by atoms with E-state index in [4.69, 9.17) is 9.47 Å². The van der Waals surface area contributed by atoms with Crippen molar-refractivity contribution >= 4 is 17.6 Å². The molecule has 0 saturated carbocycles. The summed E-state index contributed by atoms with van der Waals surface area (Å²) in [6.07, 6.45) is -1.28. The number of methoxy groups -OCH3 is 1. The van der Waals surface area contributed by atoms with Gasteiger partial charge in [0, 0.05) is 5.69 Å². The van der Waals surface area contributed by atoms with Crippen LogP contribution >= 0.6 is 0 Å². The minimum absolute atomic E-state index is 0.0694. The van der Waals surface area contributed by atoms with Crippen molar-refractivity contribution in [2.45, 2.75) is 19.4 Å². The lowest BCUT2D eigenvalue weighted by atomic mass is 10.1. The molecule has 0 unspecified atom stereocenters. The Morgan fingerprint density at radius 2 is 1.92 bits per heavy atom. The van der Waals surface area contributed by atoms with Crippen LogP contribution in [0.5, 0.6) is 5.75 Å². The van der Waals surface area contributed by atoms with Gasteiger partial charge in [-0.1, -0.05) is 12.1 Å². The molecule has 2 rings (SSSR count). The van der Waals surface area contributed by atoms with Gasteiger partial charge < -0.3 is 14.8 Å². The minimum Gasteiger partial charge on any atom is -0.494 e. The third-order valence-corrected chi connectivity index (χ3v) is 3.33. The van der Waals surface area contributed by atoms with Crippen LogP contribution in [0.2, 0.25) is 0 Å². The molecule has 0 saturated heterocycles. The van der Waals surface area contributed by atoms with Gasteiger partial charge in [-0.25, -0.2) is 8.78 Å². The van der Waals surface area contributed by atoms with Gasteiger partial charge in [-0.05, 0) is 42.8 Å². The Morgan fingerprint density at radius 1 is 1.16 bits per heavy atom. The molecule has 2 aromatic rings. The highest BCUT2D eigenvalue weighted by Gasteiger charge is 2.18. The number of anilines is 1. The van der Waals surface area contributed by atoms with Gasteiger partial charge in [0.15, 0.2) is 17.7 Å². The number of ether oxygens (including phenoxy) is 2. The molecule has 25 heavy (non-hydrogen) atoms. The van der Waals surface area contributed by atoms with Gasteiger partial charge in [0.05, 0.1) is 13.5 Å². The lowest BCUT2D eigenvalue weighted by Gasteiger charge is -2.14. The van der Waals surface area contributed by atoms with Gasteiger partial charge >= 0.3 is 5.97 Å². The Morgan fingerprint density at radius 3 is 2.56 bits per heavy atom. The van der Waals surface area contributed by atoms with Crippen molar-refractivity contribution in [2.24, 2.45) is 0 Å². The van der Waals surface area contributed by atoms with E-state index >= 15 is 0 Å². The van der Waals surface area contributed by atoms with Gasteiger partial charge in [-0.3, -0.25) is 9.59 Å². The van der Waals surface area contributed by atoms with Gasteiger partial charge in [0.1, 0.15) is 5.82 Å². The molecule has 1 N–H and O–H groups in total. The molecule has 2 aromatic carbocycles. The van der Waals surface area contributed by atoms with E-state index in [2.05, 4.69) is 5.32 Å². The molecule has 0 aliphatic carbocycles. The Bertz CT molecular complexity index is 779. The number of amides is 1. The molecule has 0 aliphatic rings. The zero-order valence-electron chi connectivity index (χ0n) is 13.7. The number of esters is 1. The van der Waals surface area contributed by atoms with E-state index in [-0.39, 0.29) is 17.9 Å². The number of nitrogens with one attached hydrogen (secondary N) is 1. The lowest BCUT2D eigenvalue weighted by molar-refractivity contribution is -0.152. The van der Waals surface area contributed by atoms with Crippen molar-refractivity contribution in [3.63, 3.8) is 0 Å². The third-order valence-electron chi connectivity index (χ3n) is 3.33. The standard InChI is InChI=1S/C18H17F2NO4/c1-11(18(23)21-14-5-3-4-13(19)10-14)25-17(22)9-12-6-7-16(24-2)15(20)8-12/h3-8,10-11H,9H2,1-2H3,(H,21,23)/t11-/m1/s1. The van der Waals surface area contributed by atoms with Crippen LogP contribution in [0, 0.1) is 11.6 Å². The van der Waals surface area contributed by atoms with E-state index in [0.717, 1.165) is 12.1 Å². The van der Waals surface area contributed by atoms with Crippen molar-refractivity contribution < 1.29 is 27.8 Å². The molecule has 0 aromatic heterocycles. The van der Waals surface area contributed by atoms with Gasteiger partial charge in [0.2, 0.25) is 0 Å². The van der Waals surface area contributed by atoms with E-state index in [1.165, 1.54) is 44.4 Å². The Kier molecular flexibility index (Phi) is 6.05. The number of benzene rings is 2. The molecule has 0 heterocycles. The van der Waals surface area contributed by atoms with Crippen LogP contribution in [0.25, 0.3) is 0 Å². The molecule has 7 heteroatoms. The molecule has 1 atom stereocenters. The van der Waals surface area contributed by atoms with E-state index < -0.39 is 29.6 Å². The third kappa shape index (κ3) is 5.27. The second-order valence-corrected chi connectivity index (χ2v) is 5.28. The summed E-state index contributed by atoms with van der Waals surface area (Å²) in [6, 6.07) is 9.44. The second-order valence-electron chi connectivity index (χ2n) is 5.28. The first-order valence-electron chi connectivity index (χ1n) is 7.47. The lowest BCUT2D eigenvalue weighted by Crippen LogP contribution is -2.30. The normalized spacial score (nSPS) is 11.5. The van der Waals surface area contributed by atoms with Crippen molar-refractivity contribution in [1.82, 2.24) is 0 Å². The molecule has 0 bridgehead atoms. The molecule has 5 nitrogen and oxygen atoms in total. The summed E-state index contributed by atoms with van der Waals surface area (Å²) < 4.78 is 36.5. The summed E-state index contributed by atoms with van der Waals surface area (Å²) in [5.41, 5.74) is 0.645. The Labute approximate surface area is 143 Å². The van der Waals surface area contributed by atoms with Crippen LogP contribution < -0.4 is 10.1 Å². The summed E-state index contributed by atoms with van der Waals surface area (Å²) in [4.78, 5) is 23.8. The molecule has 1 amide bonds. The van der Waals surface area contributed by atoms with Crippen LogP contribution in [-0.2, 0) is 20.7 Å². The van der Waals surface area contributed by atoms with Crippen molar-refractivity contribution in [3.05, 3.63) is 59.7 Å². The Hall–Kier alpha value is -2.96. The van der Waals surface area contributed by atoms with Crippen LogP contribution in [0.4, 0.5) is 14.5 Å². The number of carbonyl (C=O) groups is 2. The van der Waals surface area contributed by atoms with E-state index in [0.29, 0.717) is 5.56 Å². The number of carbonyl (C=O) groups excluding carboxylic acids is 2. The average Bonchev–Trinajstić information content (AvgIpc) is 2.54. The van der Waals surface area contributed by atoms with E-state index in [1.807, 2.05) is 0 Å². The van der Waals surface area contributed by atoms with Gasteiger partial charge in [0.25, 0.3) is 5.91 Å². The quantitative estimate of drug-likeness (QED) is 0.814. The van der Waals surface area contributed by atoms with Crippen LogP contribution in [-0.4, -0.2) is 25.1 Å². The van der Waals surface area contributed by atoms with E-state index in [1.54, 1.807) is 0 Å². The zero-order valence-corrected chi connectivity index (χ0v) is 13.7. The maximum absolute atomic E-state index is 13.6. The summed E-state index contributed by atoms with van der Waals surface area (Å²) in [6.45, 7) is 1.39. The van der Waals surface area contributed by atoms with Crippen molar-refractivity contribution in [3.8, 4) is 5.75 Å². The maximum atomic E-state index is 13.6. The SMILES string of the molecule is COc1ccc(CC(=O)O[C@H](C)C(=O)Nc2cccc(F)c2)cc1F. The largest absolute Gasteiger partial charge is 0.494 e.